The number of carbonyl (C=O) groups excluding carboxylic acids is 1. The van der Waals surface area contributed by atoms with Crippen LogP contribution in [0.5, 0.6) is 0 Å². The van der Waals surface area contributed by atoms with Crippen molar-refractivity contribution in [3.63, 3.8) is 0 Å². The van der Waals surface area contributed by atoms with Crippen molar-refractivity contribution in [2.75, 3.05) is 38.3 Å². The van der Waals surface area contributed by atoms with Gasteiger partial charge < -0.3 is 15.2 Å². The van der Waals surface area contributed by atoms with E-state index in [4.69, 9.17) is 10.5 Å². The number of hydrogen-bond acceptors (Lipinski definition) is 6. The number of thioether (sulfide) groups is 1. The Labute approximate surface area is 120 Å². The molecule has 1 rings (SSSR count). The van der Waals surface area contributed by atoms with Crippen LogP contribution in [0.15, 0.2) is 0 Å². The van der Waals surface area contributed by atoms with E-state index in [1.54, 1.807) is 11.8 Å². The number of rotatable bonds is 7. The lowest BCUT2D eigenvalue weighted by Gasteiger charge is -2.35. The van der Waals surface area contributed by atoms with Crippen LogP contribution in [-0.4, -0.2) is 67.4 Å². The summed E-state index contributed by atoms with van der Waals surface area (Å²) in [7, 11) is 1.37. The number of methoxy groups -OCH3 is 1. The Kier molecular flexibility index (Phi) is 7.75. The summed E-state index contributed by atoms with van der Waals surface area (Å²) in [5.74, 6) is 1.48. The first-order chi connectivity index (χ1) is 9.04. The normalized spacial score (nSPS) is 22.5. The Morgan fingerprint density at radius 2 is 2.32 bits per heavy atom. The van der Waals surface area contributed by atoms with Crippen molar-refractivity contribution >= 4 is 17.7 Å². The molecule has 0 amide bonds. The third-order valence-electron chi connectivity index (χ3n) is 3.28. The van der Waals surface area contributed by atoms with Gasteiger partial charge in [-0.25, -0.2) is 0 Å². The van der Waals surface area contributed by atoms with Gasteiger partial charge in [-0.05, 0) is 26.0 Å². The predicted molar refractivity (Wildman–Crippen MR) is 78.4 cm³/mol. The molecule has 0 aromatic carbocycles. The third kappa shape index (κ3) is 6.12. The second-order valence-corrected chi connectivity index (χ2v) is 6.22. The van der Waals surface area contributed by atoms with Gasteiger partial charge >= 0.3 is 5.97 Å². The zero-order chi connectivity index (χ0) is 14.3. The van der Waals surface area contributed by atoms with Gasteiger partial charge in [-0.3, -0.25) is 9.69 Å². The molecule has 5 nitrogen and oxygen atoms in total. The minimum atomic E-state index is -0.503. The summed E-state index contributed by atoms with van der Waals surface area (Å²) in [4.78, 5) is 13.6. The van der Waals surface area contributed by atoms with Gasteiger partial charge in [0.05, 0.1) is 19.8 Å². The Morgan fingerprint density at radius 3 is 2.95 bits per heavy atom. The smallest absolute Gasteiger partial charge is 0.322 e. The minimum Gasteiger partial charge on any atom is -0.468 e. The molecule has 0 aromatic heterocycles. The van der Waals surface area contributed by atoms with Crippen LogP contribution >= 0.6 is 11.8 Å². The van der Waals surface area contributed by atoms with Crippen molar-refractivity contribution in [2.45, 2.75) is 38.5 Å². The lowest BCUT2D eigenvalue weighted by atomic mass is 10.2. The Bertz CT molecular complexity index is 277. The van der Waals surface area contributed by atoms with Crippen LogP contribution in [0, 0.1) is 0 Å². The molecule has 0 bridgehead atoms. The molecule has 6 heteroatoms. The van der Waals surface area contributed by atoms with Crippen molar-refractivity contribution in [3.05, 3.63) is 0 Å². The van der Waals surface area contributed by atoms with E-state index in [1.165, 1.54) is 7.11 Å². The number of esters is 1. The summed E-state index contributed by atoms with van der Waals surface area (Å²) in [5.41, 5.74) is 5.68. The summed E-state index contributed by atoms with van der Waals surface area (Å²) in [6, 6.07) is 0.0704. The quantitative estimate of drug-likeness (QED) is 0.550. The molecule has 112 valence electrons. The molecule has 0 spiro atoms. The fourth-order valence-electron chi connectivity index (χ4n) is 2.01. The fourth-order valence-corrected chi connectivity index (χ4v) is 3.06. The van der Waals surface area contributed by atoms with Gasteiger partial charge in [0.25, 0.3) is 0 Å². The molecule has 2 unspecified atom stereocenters. The highest BCUT2D eigenvalue weighted by atomic mass is 32.2. The lowest BCUT2D eigenvalue weighted by molar-refractivity contribution is -0.142. The molecule has 2 N–H and O–H groups in total. The van der Waals surface area contributed by atoms with Gasteiger partial charge in [0, 0.05) is 24.9 Å². The molecule has 1 aliphatic heterocycles. The van der Waals surface area contributed by atoms with E-state index < -0.39 is 6.04 Å². The summed E-state index contributed by atoms with van der Waals surface area (Å²) in [6.07, 6.45) is 0.938. The van der Waals surface area contributed by atoms with Crippen LogP contribution in [0.25, 0.3) is 0 Å². The van der Waals surface area contributed by atoms with Crippen LogP contribution < -0.4 is 5.73 Å². The van der Waals surface area contributed by atoms with Gasteiger partial charge in [-0.15, -0.1) is 0 Å². The van der Waals surface area contributed by atoms with Crippen molar-refractivity contribution in [1.82, 2.24) is 4.90 Å². The molecule has 1 heterocycles. The Morgan fingerprint density at radius 1 is 1.58 bits per heavy atom. The number of nitrogens with zero attached hydrogens (tertiary/aromatic N) is 1. The van der Waals surface area contributed by atoms with Crippen molar-refractivity contribution in [2.24, 2.45) is 5.73 Å². The maximum Gasteiger partial charge on any atom is 0.322 e. The summed E-state index contributed by atoms with van der Waals surface area (Å²) >= 11 is 1.79. The standard InChI is InChI=1S/C13H26N2O3S/c1-10(2)15-5-6-18-11(8-15)9-19-7-4-12(14)13(16)17-3/h10-12H,4-9,14H2,1-3H3. The van der Waals surface area contributed by atoms with E-state index >= 15 is 0 Å². The number of carbonyl (C=O) groups is 1. The molecule has 2 atom stereocenters. The molecule has 0 aromatic rings. The van der Waals surface area contributed by atoms with Crippen LogP contribution in [0.3, 0.4) is 0 Å². The van der Waals surface area contributed by atoms with E-state index in [0.717, 1.165) is 31.2 Å². The number of hydrogen-bond donors (Lipinski definition) is 1. The molecular formula is C13H26N2O3S. The molecule has 1 fully saturated rings. The van der Waals surface area contributed by atoms with E-state index in [1.807, 2.05) is 0 Å². The minimum absolute atomic E-state index is 0.288. The first-order valence-electron chi connectivity index (χ1n) is 6.81. The van der Waals surface area contributed by atoms with Crippen LogP contribution in [0.1, 0.15) is 20.3 Å². The lowest BCUT2D eigenvalue weighted by Crippen LogP contribution is -2.46. The summed E-state index contributed by atoms with van der Waals surface area (Å²) in [5, 5.41) is 0. The number of morpholine rings is 1. The number of ether oxygens (including phenoxy) is 2. The summed E-state index contributed by atoms with van der Waals surface area (Å²) in [6.45, 7) is 7.25. The zero-order valence-corrected chi connectivity index (χ0v) is 12.9. The molecule has 0 saturated carbocycles. The molecule has 1 aliphatic rings. The van der Waals surface area contributed by atoms with Gasteiger partial charge in [-0.2, -0.15) is 11.8 Å². The monoisotopic (exact) mass is 290 g/mol. The van der Waals surface area contributed by atoms with Gasteiger partial charge in [0.15, 0.2) is 0 Å². The zero-order valence-electron chi connectivity index (χ0n) is 12.1. The predicted octanol–water partition coefficient (Wildman–Crippen LogP) is 0.719. The highest BCUT2D eigenvalue weighted by molar-refractivity contribution is 7.99. The van der Waals surface area contributed by atoms with Crippen molar-refractivity contribution in [3.8, 4) is 0 Å². The molecule has 19 heavy (non-hydrogen) atoms. The molecular weight excluding hydrogens is 264 g/mol. The van der Waals surface area contributed by atoms with Gasteiger partial charge in [0.2, 0.25) is 0 Å². The Hall–Kier alpha value is -0.300. The topological polar surface area (TPSA) is 64.8 Å². The number of nitrogens with two attached hydrogens (primary N) is 1. The van der Waals surface area contributed by atoms with E-state index in [-0.39, 0.29) is 12.1 Å². The van der Waals surface area contributed by atoms with Crippen molar-refractivity contribution < 1.29 is 14.3 Å². The molecule has 0 aliphatic carbocycles. The van der Waals surface area contributed by atoms with Crippen molar-refractivity contribution in [1.29, 1.82) is 0 Å². The molecule has 0 radical (unpaired) electrons. The highest BCUT2D eigenvalue weighted by Crippen LogP contribution is 2.14. The first kappa shape index (κ1) is 16.8. The Balaban J connectivity index is 2.14. The largest absolute Gasteiger partial charge is 0.468 e. The van der Waals surface area contributed by atoms with E-state index in [2.05, 4.69) is 23.5 Å². The SMILES string of the molecule is COC(=O)C(N)CCSCC1CN(C(C)C)CCO1. The van der Waals surface area contributed by atoms with Gasteiger partial charge in [-0.1, -0.05) is 0 Å². The van der Waals surface area contributed by atoms with Crippen LogP contribution in [0.2, 0.25) is 0 Å². The first-order valence-corrected chi connectivity index (χ1v) is 7.97. The van der Waals surface area contributed by atoms with Crippen LogP contribution in [0.4, 0.5) is 0 Å². The second kappa shape index (κ2) is 8.79. The average molecular weight is 290 g/mol. The van der Waals surface area contributed by atoms with Crippen LogP contribution in [-0.2, 0) is 14.3 Å². The van der Waals surface area contributed by atoms with E-state index in [0.29, 0.717) is 12.5 Å². The average Bonchev–Trinajstić information content (AvgIpc) is 2.42. The maximum atomic E-state index is 11.1. The summed E-state index contributed by atoms with van der Waals surface area (Å²) < 4.78 is 10.3. The second-order valence-electron chi connectivity index (χ2n) is 5.07. The van der Waals surface area contributed by atoms with Gasteiger partial charge in [0.1, 0.15) is 6.04 Å². The maximum absolute atomic E-state index is 11.1. The molecule has 1 saturated heterocycles. The fraction of sp³-hybridized carbons (Fsp3) is 0.923. The highest BCUT2D eigenvalue weighted by Gasteiger charge is 2.22. The van der Waals surface area contributed by atoms with E-state index in [9.17, 15) is 4.79 Å². The third-order valence-corrected chi connectivity index (χ3v) is 4.41.